The number of rotatable bonds is 7. The van der Waals surface area contributed by atoms with Gasteiger partial charge in [-0.25, -0.2) is 0 Å². The van der Waals surface area contributed by atoms with Gasteiger partial charge < -0.3 is 20.5 Å². The zero-order valence-corrected chi connectivity index (χ0v) is 16.2. The Morgan fingerprint density at radius 3 is 2.54 bits per heavy atom. The van der Waals surface area contributed by atoms with Crippen LogP contribution in [-0.4, -0.2) is 43.8 Å². The van der Waals surface area contributed by atoms with Crippen LogP contribution in [0.3, 0.4) is 0 Å². The van der Waals surface area contributed by atoms with Crippen molar-refractivity contribution < 1.29 is 4.90 Å². The van der Waals surface area contributed by atoms with E-state index in [4.69, 9.17) is 12.2 Å². The first-order chi connectivity index (χ1) is 12.6. The molecule has 2 aromatic carbocycles. The molecule has 4 N–H and O–H groups in total. The molecule has 0 saturated carbocycles. The number of thiocarbonyl (C=S) groups is 1. The van der Waals surface area contributed by atoms with Crippen LogP contribution < -0.4 is 15.5 Å². The van der Waals surface area contributed by atoms with E-state index >= 15 is 0 Å². The number of H-pyrrole nitrogens is 1. The summed E-state index contributed by atoms with van der Waals surface area (Å²) in [5.41, 5.74) is 3.74. The number of likely N-dealkylation sites (N-methyl/N-ethyl adjacent to an activating group) is 1. The first kappa shape index (κ1) is 18.4. The van der Waals surface area contributed by atoms with Crippen molar-refractivity contribution in [3.63, 3.8) is 0 Å². The van der Waals surface area contributed by atoms with Gasteiger partial charge in [0.1, 0.15) is 0 Å². The first-order valence-corrected chi connectivity index (χ1v) is 9.47. The Morgan fingerprint density at radius 1 is 1.04 bits per heavy atom. The predicted molar refractivity (Wildman–Crippen MR) is 113 cm³/mol. The molecule has 0 bridgehead atoms. The molecule has 0 aliphatic rings. The lowest BCUT2D eigenvalue weighted by Gasteiger charge is -2.20. The van der Waals surface area contributed by atoms with E-state index in [2.05, 4.69) is 90.5 Å². The Kier molecular flexibility index (Phi) is 6.26. The van der Waals surface area contributed by atoms with E-state index in [1.807, 2.05) is 0 Å². The van der Waals surface area contributed by atoms with Gasteiger partial charge in [0.05, 0.1) is 27.2 Å². The summed E-state index contributed by atoms with van der Waals surface area (Å²) in [6.07, 6.45) is 2.12. The van der Waals surface area contributed by atoms with Gasteiger partial charge in [0.15, 0.2) is 5.11 Å². The van der Waals surface area contributed by atoms with E-state index in [1.165, 1.54) is 21.4 Å². The van der Waals surface area contributed by atoms with Crippen LogP contribution in [0.4, 0.5) is 0 Å². The van der Waals surface area contributed by atoms with Crippen molar-refractivity contribution in [1.82, 2.24) is 15.6 Å². The first-order valence-electron chi connectivity index (χ1n) is 9.07. The van der Waals surface area contributed by atoms with Gasteiger partial charge in [-0.3, -0.25) is 0 Å². The largest absolute Gasteiger partial charge is 0.362 e. The second-order valence-electron chi connectivity index (χ2n) is 6.85. The molecule has 1 heterocycles. The quantitative estimate of drug-likeness (QED) is 0.483. The molecule has 0 unspecified atom stereocenters. The number of para-hydroxylation sites is 1. The molecule has 5 heteroatoms. The van der Waals surface area contributed by atoms with Gasteiger partial charge in [0, 0.05) is 29.6 Å². The molecular weight excluding hydrogens is 340 g/mol. The predicted octanol–water partition coefficient (Wildman–Crippen LogP) is 1.91. The van der Waals surface area contributed by atoms with Crippen molar-refractivity contribution in [2.45, 2.75) is 5.92 Å². The molecule has 3 rings (SSSR count). The molecule has 3 aromatic rings. The minimum atomic E-state index is 0.228. The van der Waals surface area contributed by atoms with Gasteiger partial charge in [-0.1, -0.05) is 48.5 Å². The summed E-state index contributed by atoms with van der Waals surface area (Å²) in [4.78, 5) is 4.80. The van der Waals surface area contributed by atoms with Crippen LogP contribution >= 0.6 is 12.2 Å². The summed E-state index contributed by atoms with van der Waals surface area (Å²) < 4.78 is 0. The molecule has 0 aliphatic carbocycles. The Labute approximate surface area is 160 Å². The van der Waals surface area contributed by atoms with Gasteiger partial charge >= 0.3 is 0 Å². The Hall–Kier alpha value is -2.37. The highest BCUT2D eigenvalue weighted by Crippen LogP contribution is 2.30. The maximum atomic E-state index is 5.46. The fourth-order valence-electron chi connectivity index (χ4n) is 3.16. The van der Waals surface area contributed by atoms with Crippen LogP contribution in [-0.2, 0) is 0 Å². The number of hydrogen-bond donors (Lipinski definition) is 4. The number of hydrogen-bond acceptors (Lipinski definition) is 1. The van der Waals surface area contributed by atoms with Gasteiger partial charge in [-0.05, 0) is 29.4 Å². The highest BCUT2D eigenvalue weighted by Gasteiger charge is 2.18. The number of fused-ring (bicyclic) bond motifs is 1. The van der Waals surface area contributed by atoms with Gasteiger partial charge in [-0.15, -0.1) is 0 Å². The lowest BCUT2D eigenvalue weighted by molar-refractivity contribution is -0.856. The molecule has 4 nitrogen and oxygen atoms in total. The fourth-order valence-corrected chi connectivity index (χ4v) is 3.34. The molecule has 0 spiro atoms. The SMILES string of the molecule is C[NH+](C)CCNC(=S)NC[C@H](c1ccccc1)c1c[nH]c2ccccc12. The normalized spacial score (nSPS) is 12.3. The maximum Gasteiger partial charge on any atom is 0.166 e. The zero-order chi connectivity index (χ0) is 18.4. The van der Waals surface area contributed by atoms with Crippen LogP contribution in [0.15, 0.2) is 60.8 Å². The van der Waals surface area contributed by atoms with Crippen LogP contribution in [0.5, 0.6) is 0 Å². The summed E-state index contributed by atoms with van der Waals surface area (Å²) >= 11 is 5.46. The fraction of sp³-hybridized carbons (Fsp3) is 0.286. The highest BCUT2D eigenvalue weighted by atomic mass is 32.1. The number of nitrogens with one attached hydrogen (secondary N) is 4. The van der Waals surface area contributed by atoms with Crippen LogP contribution in [0.25, 0.3) is 10.9 Å². The molecule has 1 aromatic heterocycles. The van der Waals surface area contributed by atoms with Crippen molar-refractivity contribution in [2.24, 2.45) is 0 Å². The van der Waals surface area contributed by atoms with Crippen molar-refractivity contribution in [2.75, 3.05) is 33.7 Å². The zero-order valence-electron chi connectivity index (χ0n) is 15.4. The summed E-state index contributed by atoms with van der Waals surface area (Å²) in [5.74, 6) is 0.228. The van der Waals surface area contributed by atoms with Gasteiger partial charge in [-0.2, -0.15) is 0 Å². The second kappa shape index (κ2) is 8.83. The average molecular weight is 368 g/mol. The topological polar surface area (TPSA) is 44.3 Å². The third-order valence-electron chi connectivity index (χ3n) is 4.58. The Bertz CT molecular complexity index is 841. The van der Waals surface area contributed by atoms with E-state index < -0.39 is 0 Å². The van der Waals surface area contributed by atoms with Crippen molar-refractivity contribution >= 4 is 28.2 Å². The second-order valence-corrected chi connectivity index (χ2v) is 7.26. The lowest BCUT2D eigenvalue weighted by atomic mass is 9.91. The number of quaternary nitrogens is 1. The Balaban J connectivity index is 1.76. The van der Waals surface area contributed by atoms with Crippen LogP contribution in [0, 0.1) is 0 Å². The Morgan fingerprint density at radius 2 is 1.77 bits per heavy atom. The smallest absolute Gasteiger partial charge is 0.166 e. The van der Waals surface area contributed by atoms with Crippen LogP contribution in [0.2, 0.25) is 0 Å². The third-order valence-corrected chi connectivity index (χ3v) is 4.86. The lowest BCUT2D eigenvalue weighted by Crippen LogP contribution is -3.06. The van der Waals surface area contributed by atoms with E-state index in [0.29, 0.717) is 5.11 Å². The average Bonchev–Trinajstić information content (AvgIpc) is 3.07. The van der Waals surface area contributed by atoms with Crippen molar-refractivity contribution in [3.05, 3.63) is 71.9 Å². The monoisotopic (exact) mass is 367 g/mol. The molecule has 136 valence electrons. The van der Waals surface area contributed by atoms with E-state index in [-0.39, 0.29) is 5.92 Å². The van der Waals surface area contributed by atoms with E-state index in [1.54, 1.807) is 0 Å². The molecule has 0 aliphatic heterocycles. The molecule has 0 fully saturated rings. The third kappa shape index (κ3) is 4.62. The highest BCUT2D eigenvalue weighted by molar-refractivity contribution is 7.80. The molecular formula is C21H27N4S+. The summed E-state index contributed by atoms with van der Waals surface area (Å²) in [7, 11) is 4.28. The van der Waals surface area contributed by atoms with Crippen molar-refractivity contribution in [1.29, 1.82) is 0 Å². The van der Waals surface area contributed by atoms with E-state index in [9.17, 15) is 0 Å². The maximum absolute atomic E-state index is 5.46. The molecule has 0 radical (unpaired) electrons. The van der Waals surface area contributed by atoms with Crippen LogP contribution in [0.1, 0.15) is 17.0 Å². The molecule has 26 heavy (non-hydrogen) atoms. The minimum absolute atomic E-state index is 0.228. The molecule has 0 amide bonds. The molecule has 1 atom stereocenters. The van der Waals surface area contributed by atoms with E-state index in [0.717, 1.165) is 25.2 Å². The van der Waals surface area contributed by atoms with Gasteiger partial charge in [0.25, 0.3) is 0 Å². The standard InChI is InChI=1S/C21H26N4S/c1-25(2)13-12-22-21(26)24-14-18(16-8-4-3-5-9-16)19-15-23-20-11-7-6-10-17(19)20/h3-11,15,18,23H,12-14H2,1-2H3,(H2,22,24,26)/p+1/t18-/m1/s1. The number of benzene rings is 2. The van der Waals surface area contributed by atoms with Gasteiger partial charge in [0.2, 0.25) is 0 Å². The van der Waals surface area contributed by atoms with Crippen molar-refractivity contribution in [3.8, 4) is 0 Å². The summed E-state index contributed by atoms with van der Waals surface area (Å²) in [5, 5.41) is 8.68. The summed E-state index contributed by atoms with van der Waals surface area (Å²) in [6.45, 7) is 2.66. The number of aromatic nitrogens is 1. The minimum Gasteiger partial charge on any atom is -0.362 e. The number of aromatic amines is 1. The summed E-state index contributed by atoms with van der Waals surface area (Å²) in [6, 6.07) is 19.0. The molecule has 0 saturated heterocycles.